The monoisotopic (exact) mass is 379 g/mol. The smallest absolute Gasteiger partial charge is 0.139 e. The summed E-state index contributed by atoms with van der Waals surface area (Å²) in [5.41, 5.74) is 6.10. The minimum Gasteiger partial charge on any atom is -0.365 e. The molecule has 2 aromatic heterocycles. The molecule has 0 radical (unpaired) electrons. The quantitative estimate of drug-likeness (QED) is 0.456. The summed E-state index contributed by atoms with van der Waals surface area (Å²) < 4.78 is 0. The fraction of sp³-hybridized carbons (Fsp3) is 0.143. The number of hydrogen-bond donors (Lipinski definition) is 1. The molecule has 2 aromatic carbocycles. The van der Waals surface area contributed by atoms with Crippen LogP contribution in [0.3, 0.4) is 0 Å². The number of nitrogens with zero attached hydrogens (tertiary/aromatic N) is 2. The highest BCUT2D eigenvalue weighted by Gasteiger charge is 2.14. The van der Waals surface area contributed by atoms with Crippen LogP contribution in [-0.2, 0) is 6.54 Å². The minimum absolute atomic E-state index is 0.686. The van der Waals surface area contributed by atoms with Gasteiger partial charge in [-0.05, 0) is 42.7 Å². The van der Waals surface area contributed by atoms with E-state index in [2.05, 4.69) is 52.7 Å². The van der Waals surface area contributed by atoms with Crippen LogP contribution in [0, 0.1) is 13.8 Å². The summed E-state index contributed by atoms with van der Waals surface area (Å²) in [6.45, 7) is 4.95. The highest BCUT2D eigenvalue weighted by Crippen LogP contribution is 2.38. The molecule has 0 spiro atoms. The van der Waals surface area contributed by atoms with Gasteiger partial charge in [-0.25, -0.2) is 9.97 Å². The van der Waals surface area contributed by atoms with E-state index in [1.807, 2.05) is 24.3 Å². The van der Waals surface area contributed by atoms with Gasteiger partial charge in [0.1, 0.15) is 17.0 Å². The van der Waals surface area contributed by atoms with Crippen LogP contribution in [0.4, 0.5) is 5.82 Å². The maximum Gasteiger partial charge on any atom is 0.139 e. The van der Waals surface area contributed by atoms with Crippen LogP contribution < -0.4 is 5.32 Å². The summed E-state index contributed by atoms with van der Waals surface area (Å²) in [5.74, 6) is 0.862. The third-order valence-corrected chi connectivity index (χ3v) is 5.55. The lowest BCUT2D eigenvalue weighted by Gasteiger charge is -2.10. The molecular weight excluding hydrogens is 362 g/mol. The summed E-state index contributed by atoms with van der Waals surface area (Å²) in [5, 5.41) is 7.46. The van der Waals surface area contributed by atoms with Gasteiger partial charge in [0.2, 0.25) is 0 Å². The number of nitrogens with one attached hydrogen (secondary N) is 1. The van der Waals surface area contributed by atoms with Crippen LogP contribution in [0.5, 0.6) is 0 Å². The molecule has 0 saturated heterocycles. The van der Waals surface area contributed by atoms with Crippen LogP contribution in [0.2, 0.25) is 5.02 Å². The van der Waals surface area contributed by atoms with E-state index in [1.165, 1.54) is 22.3 Å². The highest BCUT2D eigenvalue weighted by atomic mass is 35.5. The molecular formula is C21H18ClN3S. The normalized spacial score (nSPS) is 11.0. The van der Waals surface area contributed by atoms with Crippen molar-refractivity contribution in [2.75, 3.05) is 5.32 Å². The number of aryl methyl sites for hydroxylation is 2. The van der Waals surface area contributed by atoms with Gasteiger partial charge in [0.25, 0.3) is 0 Å². The van der Waals surface area contributed by atoms with Crippen molar-refractivity contribution in [1.82, 2.24) is 9.97 Å². The second-order valence-corrected chi connectivity index (χ2v) is 7.64. The Labute approximate surface area is 161 Å². The van der Waals surface area contributed by atoms with Crippen LogP contribution in [0.25, 0.3) is 21.3 Å². The van der Waals surface area contributed by atoms with Crippen molar-refractivity contribution >= 4 is 39.0 Å². The molecule has 0 fully saturated rings. The summed E-state index contributed by atoms with van der Waals surface area (Å²) in [7, 11) is 0. The molecule has 5 heteroatoms. The molecule has 130 valence electrons. The van der Waals surface area contributed by atoms with Crippen LogP contribution in [-0.4, -0.2) is 9.97 Å². The van der Waals surface area contributed by atoms with E-state index in [1.54, 1.807) is 17.7 Å². The lowest BCUT2D eigenvalue weighted by Crippen LogP contribution is -2.02. The van der Waals surface area contributed by atoms with Gasteiger partial charge in [0.15, 0.2) is 0 Å². The second-order valence-electron chi connectivity index (χ2n) is 6.35. The summed E-state index contributed by atoms with van der Waals surface area (Å²) in [6.07, 6.45) is 1.62. The van der Waals surface area contributed by atoms with E-state index < -0.39 is 0 Å². The number of halogens is 1. The minimum atomic E-state index is 0.686. The number of aromatic nitrogens is 2. The van der Waals surface area contributed by atoms with Crippen LogP contribution >= 0.6 is 22.9 Å². The van der Waals surface area contributed by atoms with Crippen molar-refractivity contribution < 1.29 is 0 Å². The van der Waals surface area contributed by atoms with Gasteiger partial charge >= 0.3 is 0 Å². The molecule has 0 aliphatic carbocycles. The van der Waals surface area contributed by atoms with E-state index >= 15 is 0 Å². The summed E-state index contributed by atoms with van der Waals surface area (Å²) in [4.78, 5) is 9.95. The molecule has 26 heavy (non-hydrogen) atoms. The zero-order valence-electron chi connectivity index (χ0n) is 14.6. The van der Waals surface area contributed by atoms with Crippen molar-refractivity contribution in [3.05, 3.63) is 75.9 Å². The fourth-order valence-corrected chi connectivity index (χ4v) is 4.14. The average molecular weight is 380 g/mol. The lowest BCUT2D eigenvalue weighted by molar-refractivity contribution is 1.11. The van der Waals surface area contributed by atoms with Gasteiger partial charge in [-0.3, -0.25) is 0 Å². The molecule has 2 heterocycles. The molecule has 3 nitrogen and oxygen atoms in total. The number of thiophene rings is 1. The first kappa shape index (κ1) is 17.0. The zero-order valence-corrected chi connectivity index (χ0v) is 16.2. The second kappa shape index (κ2) is 7.06. The molecule has 0 aliphatic heterocycles. The van der Waals surface area contributed by atoms with Crippen LogP contribution in [0.15, 0.2) is 54.2 Å². The Hall–Kier alpha value is -2.43. The van der Waals surface area contributed by atoms with E-state index in [-0.39, 0.29) is 0 Å². The number of rotatable bonds is 4. The fourth-order valence-electron chi connectivity index (χ4n) is 3.11. The van der Waals surface area contributed by atoms with E-state index in [0.717, 1.165) is 26.6 Å². The van der Waals surface area contributed by atoms with Gasteiger partial charge < -0.3 is 5.32 Å². The van der Waals surface area contributed by atoms with Gasteiger partial charge in [0, 0.05) is 22.5 Å². The van der Waals surface area contributed by atoms with Crippen molar-refractivity contribution in [1.29, 1.82) is 0 Å². The predicted molar refractivity (Wildman–Crippen MR) is 111 cm³/mol. The maximum absolute atomic E-state index is 5.97. The zero-order chi connectivity index (χ0) is 18.1. The third kappa shape index (κ3) is 3.30. The Morgan fingerprint density at radius 3 is 2.58 bits per heavy atom. The number of anilines is 1. The average Bonchev–Trinajstić information content (AvgIpc) is 3.06. The first-order chi connectivity index (χ1) is 12.6. The molecule has 0 bridgehead atoms. The van der Waals surface area contributed by atoms with Crippen molar-refractivity contribution in [3.63, 3.8) is 0 Å². The highest BCUT2D eigenvalue weighted by molar-refractivity contribution is 7.17. The number of fused-ring (bicyclic) bond motifs is 1. The first-order valence-corrected chi connectivity index (χ1v) is 9.66. The van der Waals surface area contributed by atoms with E-state index in [4.69, 9.17) is 11.6 Å². The topological polar surface area (TPSA) is 37.8 Å². The van der Waals surface area contributed by atoms with Crippen molar-refractivity contribution in [2.45, 2.75) is 20.4 Å². The Balaban J connectivity index is 1.73. The SMILES string of the molecule is Cc1ccc(-c2csc3ncnc(NCc4ccc(Cl)cc4)c23)c(C)c1. The molecule has 0 atom stereocenters. The maximum atomic E-state index is 5.97. The third-order valence-electron chi connectivity index (χ3n) is 4.42. The first-order valence-electron chi connectivity index (χ1n) is 8.40. The number of hydrogen-bond acceptors (Lipinski definition) is 4. The van der Waals surface area contributed by atoms with Crippen molar-refractivity contribution in [2.24, 2.45) is 0 Å². The molecule has 0 amide bonds. The standard InChI is InChI=1S/C21H18ClN3S/c1-13-3-8-17(14(2)9-13)18-11-26-21-19(18)20(24-12-25-21)23-10-15-4-6-16(22)7-5-15/h3-9,11-12H,10H2,1-2H3,(H,23,24,25). The molecule has 0 aliphatic rings. The Kier molecular flexibility index (Phi) is 4.62. The molecule has 4 rings (SSSR count). The molecule has 0 saturated carbocycles. The Bertz CT molecular complexity index is 1070. The number of benzene rings is 2. The Morgan fingerprint density at radius 2 is 1.81 bits per heavy atom. The molecule has 0 unspecified atom stereocenters. The summed E-state index contributed by atoms with van der Waals surface area (Å²) >= 11 is 7.62. The summed E-state index contributed by atoms with van der Waals surface area (Å²) in [6, 6.07) is 14.4. The van der Waals surface area contributed by atoms with Gasteiger partial charge in [-0.2, -0.15) is 0 Å². The largest absolute Gasteiger partial charge is 0.365 e. The van der Waals surface area contributed by atoms with Crippen molar-refractivity contribution in [3.8, 4) is 11.1 Å². The van der Waals surface area contributed by atoms with Crippen LogP contribution in [0.1, 0.15) is 16.7 Å². The predicted octanol–water partition coefficient (Wildman–Crippen LogP) is 6.24. The van der Waals surface area contributed by atoms with Gasteiger partial charge in [0.05, 0.1) is 5.39 Å². The molecule has 1 N–H and O–H groups in total. The van der Waals surface area contributed by atoms with E-state index in [0.29, 0.717) is 6.54 Å². The van der Waals surface area contributed by atoms with Gasteiger partial charge in [-0.1, -0.05) is 47.5 Å². The molecule has 4 aromatic rings. The van der Waals surface area contributed by atoms with Gasteiger partial charge in [-0.15, -0.1) is 11.3 Å². The lowest BCUT2D eigenvalue weighted by atomic mass is 9.99. The Morgan fingerprint density at radius 1 is 1.00 bits per heavy atom. The van der Waals surface area contributed by atoms with E-state index in [9.17, 15) is 0 Å².